The fourth-order valence-corrected chi connectivity index (χ4v) is 6.62. The highest BCUT2D eigenvalue weighted by Gasteiger charge is 2.44. The molecule has 1 saturated heterocycles. The Labute approximate surface area is 218 Å². The number of aryl methyl sites for hydroxylation is 1. The van der Waals surface area contributed by atoms with Gasteiger partial charge in [0.1, 0.15) is 5.25 Å². The molecule has 0 aromatic heterocycles. The minimum Gasteiger partial charge on any atom is -0.374 e. The van der Waals surface area contributed by atoms with Gasteiger partial charge < -0.3 is 15.5 Å². The smallest absolute Gasteiger partial charge is 0.156 e. The molecule has 9 heteroatoms. The van der Waals surface area contributed by atoms with Crippen LogP contribution in [0.3, 0.4) is 0 Å². The molecule has 1 aliphatic carbocycles. The Hall–Kier alpha value is -1.70. The third kappa shape index (κ3) is 6.49. The van der Waals surface area contributed by atoms with E-state index in [-0.39, 0.29) is 12.4 Å². The topological polar surface area (TPSA) is 61.4 Å². The van der Waals surface area contributed by atoms with Crippen molar-refractivity contribution in [1.29, 1.82) is 0 Å². The first-order valence-corrected chi connectivity index (χ1v) is 13.8. The molecule has 0 spiro atoms. The maximum atomic E-state index is 13.0. The Bertz CT molecular complexity index is 1130. The monoisotopic (exact) mass is 541 g/mol. The number of nitrogens with one attached hydrogen (secondary N) is 2. The maximum absolute atomic E-state index is 13.0. The third-order valence-corrected chi connectivity index (χ3v) is 8.14. The van der Waals surface area contributed by atoms with E-state index < -0.39 is 20.6 Å². The van der Waals surface area contributed by atoms with E-state index in [4.69, 9.17) is 23.2 Å². The number of nitrogens with zero attached hydrogens (tertiary/aromatic N) is 1. The molecule has 2 N–H and O–H groups in total. The molecule has 4 rings (SSSR count). The lowest BCUT2D eigenvalue weighted by molar-refractivity contribution is 0.301. The van der Waals surface area contributed by atoms with Crippen molar-refractivity contribution in [3.63, 3.8) is 0 Å². The number of anilines is 1. The van der Waals surface area contributed by atoms with Crippen LogP contribution in [0.15, 0.2) is 72.5 Å². The summed E-state index contributed by atoms with van der Waals surface area (Å²) >= 11 is 12.5. The van der Waals surface area contributed by atoms with Gasteiger partial charge in [-0.2, -0.15) is 0 Å². The van der Waals surface area contributed by atoms with Gasteiger partial charge in [-0.25, -0.2) is 8.42 Å². The lowest BCUT2D eigenvalue weighted by atomic mass is 9.83. The molecule has 0 amide bonds. The van der Waals surface area contributed by atoms with Crippen LogP contribution in [0.1, 0.15) is 12.0 Å². The Balaban J connectivity index is 0.00000324. The van der Waals surface area contributed by atoms with Gasteiger partial charge in [0.2, 0.25) is 0 Å². The van der Waals surface area contributed by atoms with Gasteiger partial charge in [-0.15, -0.1) is 12.4 Å². The second kappa shape index (κ2) is 11.4. The number of rotatable bonds is 7. The van der Waals surface area contributed by atoms with Gasteiger partial charge in [-0.1, -0.05) is 47.5 Å². The molecule has 2 unspecified atom stereocenters. The van der Waals surface area contributed by atoms with Crippen molar-refractivity contribution in [3.05, 3.63) is 88.1 Å². The average Bonchev–Trinajstić information content (AvgIpc) is 2.78. The number of piperazine rings is 1. The van der Waals surface area contributed by atoms with Crippen molar-refractivity contribution in [2.24, 2.45) is 0 Å². The highest BCUT2D eigenvalue weighted by Crippen LogP contribution is 2.36. The molecule has 1 heterocycles. The molecule has 1 aliphatic heterocycles. The molecule has 0 radical (unpaired) electrons. The summed E-state index contributed by atoms with van der Waals surface area (Å²) in [5.41, 5.74) is 2.06. The minimum absolute atomic E-state index is 0. The van der Waals surface area contributed by atoms with Crippen LogP contribution >= 0.6 is 35.6 Å². The van der Waals surface area contributed by atoms with Crippen LogP contribution in [0.4, 0.5) is 5.69 Å². The second-order valence-corrected chi connectivity index (χ2v) is 11.8. The standard InChI is InChI=1S/C25H29Cl2N3O2S.ClH/c1-33(31,32)24-8-7-23(30-13-11-28-12-14-30)18-25(24,29-22-5-3-2-4-6-22)10-9-19-15-20(26)17-21(27)16-19;/h2-8,15-18,24,28-29H,9-14H2,1H3;1H. The Morgan fingerprint density at radius 3 is 2.35 bits per heavy atom. The predicted molar refractivity (Wildman–Crippen MR) is 145 cm³/mol. The van der Waals surface area contributed by atoms with Gasteiger partial charge in [0.15, 0.2) is 9.84 Å². The van der Waals surface area contributed by atoms with Crippen molar-refractivity contribution >= 4 is 51.1 Å². The van der Waals surface area contributed by atoms with Gasteiger partial charge in [0, 0.05) is 53.9 Å². The third-order valence-electron chi connectivity index (χ3n) is 6.20. The number of sulfone groups is 1. The van der Waals surface area contributed by atoms with E-state index >= 15 is 0 Å². The summed E-state index contributed by atoms with van der Waals surface area (Å²) in [6.45, 7) is 3.57. The van der Waals surface area contributed by atoms with Gasteiger partial charge in [0.25, 0.3) is 0 Å². The highest BCUT2D eigenvalue weighted by molar-refractivity contribution is 7.91. The quantitative estimate of drug-likeness (QED) is 0.517. The molecular weight excluding hydrogens is 513 g/mol. The van der Waals surface area contributed by atoms with Crippen molar-refractivity contribution < 1.29 is 8.42 Å². The van der Waals surface area contributed by atoms with Crippen LogP contribution in [-0.2, 0) is 16.3 Å². The normalized spacial score (nSPS) is 22.6. The zero-order valence-corrected chi connectivity index (χ0v) is 22.2. The second-order valence-electron chi connectivity index (χ2n) is 8.72. The van der Waals surface area contributed by atoms with Gasteiger partial charge >= 0.3 is 0 Å². The first kappa shape index (κ1) is 26.9. The van der Waals surface area contributed by atoms with Gasteiger partial charge in [0.05, 0.1) is 5.54 Å². The summed E-state index contributed by atoms with van der Waals surface area (Å²) in [5, 5.41) is 7.41. The van der Waals surface area contributed by atoms with Crippen molar-refractivity contribution in [1.82, 2.24) is 10.2 Å². The Morgan fingerprint density at radius 2 is 1.74 bits per heavy atom. The summed E-state index contributed by atoms with van der Waals surface area (Å²) in [6, 6.07) is 15.3. The fraction of sp³-hybridized carbons (Fsp3) is 0.360. The lowest BCUT2D eigenvalue weighted by Gasteiger charge is -2.43. The van der Waals surface area contributed by atoms with Gasteiger partial charge in [-0.05, 0) is 60.9 Å². The van der Waals surface area contributed by atoms with Crippen molar-refractivity contribution in [2.75, 3.05) is 37.8 Å². The van der Waals surface area contributed by atoms with Crippen LogP contribution in [0, 0.1) is 0 Å². The largest absolute Gasteiger partial charge is 0.374 e. The number of allylic oxidation sites excluding steroid dienone is 1. The summed E-state index contributed by atoms with van der Waals surface area (Å²) in [7, 11) is -3.41. The number of para-hydroxylation sites is 1. The molecule has 1 fully saturated rings. The molecule has 184 valence electrons. The van der Waals surface area contributed by atoms with E-state index in [2.05, 4.69) is 21.6 Å². The number of halogens is 3. The van der Waals surface area contributed by atoms with E-state index in [1.165, 1.54) is 6.26 Å². The summed E-state index contributed by atoms with van der Waals surface area (Å²) < 4.78 is 26.0. The first-order chi connectivity index (χ1) is 15.7. The maximum Gasteiger partial charge on any atom is 0.156 e. The van der Waals surface area contributed by atoms with Crippen LogP contribution < -0.4 is 10.6 Å². The number of hydrogen-bond acceptors (Lipinski definition) is 5. The molecule has 0 bridgehead atoms. The molecule has 5 nitrogen and oxygen atoms in total. The molecule has 2 aromatic carbocycles. The first-order valence-electron chi connectivity index (χ1n) is 11.1. The van der Waals surface area contributed by atoms with E-state index in [9.17, 15) is 8.42 Å². The summed E-state index contributed by atoms with van der Waals surface area (Å²) in [4.78, 5) is 2.31. The molecule has 0 saturated carbocycles. The zero-order chi connectivity index (χ0) is 23.5. The summed E-state index contributed by atoms with van der Waals surface area (Å²) in [6.07, 6.45) is 8.39. The lowest BCUT2D eigenvalue weighted by Crippen LogP contribution is -2.53. The van der Waals surface area contributed by atoms with Crippen molar-refractivity contribution in [2.45, 2.75) is 23.6 Å². The van der Waals surface area contributed by atoms with Crippen LogP contribution in [-0.4, -0.2) is 56.5 Å². The number of hydrogen-bond donors (Lipinski definition) is 2. The zero-order valence-electron chi connectivity index (χ0n) is 19.0. The highest BCUT2D eigenvalue weighted by atomic mass is 35.5. The Morgan fingerprint density at radius 1 is 1.09 bits per heavy atom. The molecule has 2 aliphatic rings. The van der Waals surface area contributed by atoms with Crippen LogP contribution in [0.5, 0.6) is 0 Å². The molecule has 2 aromatic rings. The summed E-state index contributed by atoms with van der Waals surface area (Å²) in [5.74, 6) is 0. The Kier molecular flexibility index (Phi) is 8.98. The van der Waals surface area contributed by atoms with E-state index in [1.54, 1.807) is 6.07 Å². The van der Waals surface area contributed by atoms with Crippen LogP contribution in [0.2, 0.25) is 10.0 Å². The predicted octanol–water partition coefficient (Wildman–Crippen LogP) is 4.97. The van der Waals surface area contributed by atoms with Crippen molar-refractivity contribution in [3.8, 4) is 0 Å². The van der Waals surface area contributed by atoms with E-state index in [0.29, 0.717) is 22.9 Å². The number of benzene rings is 2. The molecule has 2 atom stereocenters. The average molecular weight is 543 g/mol. The minimum atomic E-state index is -3.41. The van der Waals surface area contributed by atoms with Crippen LogP contribution in [0.25, 0.3) is 0 Å². The van der Waals surface area contributed by atoms with E-state index in [0.717, 1.165) is 43.1 Å². The van der Waals surface area contributed by atoms with E-state index in [1.807, 2.05) is 54.6 Å². The molecule has 34 heavy (non-hydrogen) atoms. The fourth-order valence-electron chi connectivity index (χ4n) is 4.68. The van der Waals surface area contributed by atoms with Gasteiger partial charge in [-0.3, -0.25) is 0 Å². The molecular formula is C25H30Cl3N3O2S. The SMILES string of the molecule is CS(=O)(=O)C1C=CC(N2CCNCC2)=CC1(CCc1cc(Cl)cc(Cl)c1)Nc1ccccc1.Cl.